The second-order valence-electron chi connectivity index (χ2n) is 4.03. The number of nitrogens with zero attached hydrogens (tertiary/aromatic N) is 1. The number of rotatable bonds is 6. The van der Waals surface area contributed by atoms with E-state index in [0.717, 1.165) is 37.6 Å². The molecule has 2 N–H and O–H groups in total. The van der Waals surface area contributed by atoms with Gasteiger partial charge in [-0.3, -0.25) is 4.99 Å². The van der Waals surface area contributed by atoms with E-state index in [2.05, 4.69) is 34.7 Å². The summed E-state index contributed by atoms with van der Waals surface area (Å²) in [6.07, 6.45) is 2.04. The highest BCUT2D eigenvalue weighted by atomic mass is 16.5. The molecule has 0 radical (unpaired) electrons. The van der Waals surface area contributed by atoms with Crippen molar-refractivity contribution < 1.29 is 4.74 Å². The summed E-state index contributed by atoms with van der Waals surface area (Å²) < 4.78 is 5.20. The van der Waals surface area contributed by atoms with Crippen LogP contribution in [0.25, 0.3) is 0 Å². The number of guanidine groups is 1. The zero-order valence-electron chi connectivity index (χ0n) is 11.5. The van der Waals surface area contributed by atoms with Gasteiger partial charge in [0.25, 0.3) is 0 Å². The molecule has 0 saturated carbocycles. The Morgan fingerprint density at radius 1 is 1.28 bits per heavy atom. The summed E-state index contributed by atoms with van der Waals surface area (Å²) in [7, 11) is 3.48. The fraction of sp³-hybridized carbons (Fsp3) is 0.500. The molecular formula is C14H23N3O. The average Bonchev–Trinajstić information content (AvgIpc) is 2.43. The van der Waals surface area contributed by atoms with Crippen LogP contribution in [0.5, 0.6) is 5.75 Å². The summed E-state index contributed by atoms with van der Waals surface area (Å²) in [5, 5.41) is 6.53. The van der Waals surface area contributed by atoms with Gasteiger partial charge in [-0.05, 0) is 30.5 Å². The van der Waals surface area contributed by atoms with Gasteiger partial charge in [0, 0.05) is 20.1 Å². The van der Waals surface area contributed by atoms with Gasteiger partial charge in [-0.15, -0.1) is 0 Å². The molecule has 0 bridgehead atoms. The van der Waals surface area contributed by atoms with Gasteiger partial charge in [-0.2, -0.15) is 0 Å². The fourth-order valence-corrected chi connectivity index (χ4v) is 1.62. The lowest BCUT2D eigenvalue weighted by molar-refractivity contribution is 0.414. The Morgan fingerprint density at radius 3 is 2.72 bits per heavy atom. The van der Waals surface area contributed by atoms with Crippen molar-refractivity contribution in [3.63, 3.8) is 0 Å². The van der Waals surface area contributed by atoms with Crippen LogP contribution in [-0.2, 0) is 6.42 Å². The number of hydrogen-bond donors (Lipinski definition) is 2. The number of aliphatic imine (C=N–C) groups is 1. The van der Waals surface area contributed by atoms with Crippen LogP contribution in [0.3, 0.4) is 0 Å². The van der Waals surface area contributed by atoms with E-state index in [1.807, 2.05) is 12.1 Å². The molecule has 1 aromatic carbocycles. The monoisotopic (exact) mass is 249 g/mol. The number of ether oxygens (including phenoxy) is 1. The zero-order chi connectivity index (χ0) is 13.2. The standard InChI is InChI=1S/C14H23N3O/c1-4-9-16-14(15-2)17-10-8-12-6-5-7-13(11-12)18-3/h5-7,11H,4,8-10H2,1-3H3,(H2,15,16,17). The average molecular weight is 249 g/mol. The quantitative estimate of drug-likeness (QED) is 0.597. The van der Waals surface area contributed by atoms with Gasteiger partial charge >= 0.3 is 0 Å². The number of methoxy groups -OCH3 is 1. The molecule has 0 atom stereocenters. The maximum atomic E-state index is 5.20. The highest BCUT2D eigenvalue weighted by Crippen LogP contribution is 2.12. The molecule has 0 saturated heterocycles. The first kappa shape index (κ1) is 14.4. The van der Waals surface area contributed by atoms with Gasteiger partial charge in [-0.25, -0.2) is 0 Å². The van der Waals surface area contributed by atoms with Crippen molar-refractivity contribution in [2.24, 2.45) is 4.99 Å². The van der Waals surface area contributed by atoms with Crippen molar-refractivity contribution in [1.82, 2.24) is 10.6 Å². The van der Waals surface area contributed by atoms with Gasteiger partial charge < -0.3 is 15.4 Å². The van der Waals surface area contributed by atoms with Crippen molar-refractivity contribution in [2.45, 2.75) is 19.8 Å². The second-order valence-corrected chi connectivity index (χ2v) is 4.03. The number of nitrogens with one attached hydrogen (secondary N) is 2. The molecule has 4 nitrogen and oxygen atoms in total. The molecule has 18 heavy (non-hydrogen) atoms. The first-order valence-corrected chi connectivity index (χ1v) is 6.37. The lowest BCUT2D eigenvalue weighted by Crippen LogP contribution is -2.38. The second kappa shape index (κ2) is 8.39. The maximum Gasteiger partial charge on any atom is 0.190 e. The Morgan fingerprint density at radius 2 is 2.06 bits per heavy atom. The van der Waals surface area contributed by atoms with Crippen molar-refractivity contribution in [3.8, 4) is 5.75 Å². The van der Waals surface area contributed by atoms with E-state index in [-0.39, 0.29) is 0 Å². The Bertz CT molecular complexity index is 377. The third kappa shape index (κ3) is 5.08. The minimum atomic E-state index is 0.858. The van der Waals surface area contributed by atoms with Crippen molar-refractivity contribution in [3.05, 3.63) is 29.8 Å². The van der Waals surface area contributed by atoms with E-state index in [1.165, 1.54) is 5.56 Å². The molecule has 0 aromatic heterocycles. The third-order valence-corrected chi connectivity index (χ3v) is 2.61. The van der Waals surface area contributed by atoms with Crippen LogP contribution >= 0.6 is 0 Å². The molecule has 1 aromatic rings. The highest BCUT2D eigenvalue weighted by Gasteiger charge is 1.98. The van der Waals surface area contributed by atoms with Crippen molar-refractivity contribution in [1.29, 1.82) is 0 Å². The van der Waals surface area contributed by atoms with E-state index in [1.54, 1.807) is 14.2 Å². The molecule has 0 heterocycles. The molecule has 0 unspecified atom stereocenters. The fourth-order valence-electron chi connectivity index (χ4n) is 1.62. The largest absolute Gasteiger partial charge is 0.497 e. The SMILES string of the molecule is CCCNC(=NC)NCCc1cccc(OC)c1. The van der Waals surface area contributed by atoms with Gasteiger partial charge in [0.2, 0.25) is 0 Å². The third-order valence-electron chi connectivity index (χ3n) is 2.61. The summed E-state index contributed by atoms with van der Waals surface area (Å²) in [5.41, 5.74) is 1.26. The molecular weight excluding hydrogens is 226 g/mol. The van der Waals surface area contributed by atoms with E-state index < -0.39 is 0 Å². The van der Waals surface area contributed by atoms with Crippen LogP contribution in [0.15, 0.2) is 29.3 Å². The summed E-state index contributed by atoms with van der Waals surface area (Å²) in [6, 6.07) is 8.13. The summed E-state index contributed by atoms with van der Waals surface area (Å²) in [5.74, 6) is 1.76. The number of hydrogen-bond acceptors (Lipinski definition) is 2. The van der Waals surface area contributed by atoms with Crippen LogP contribution in [-0.4, -0.2) is 33.2 Å². The summed E-state index contributed by atoms with van der Waals surface area (Å²) in [4.78, 5) is 4.16. The Balaban J connectivity index is 2.35. The molecule has 1 rings (SSSR count). The van der Waals surface area contributed by atoms with Crippen LogP contribution in [0.2, 0.25) is 0 Å². The molecule has 100 valence electrons. The predicted molar refractivity (Wildman–Crippen MR) is 76.4 cm³/mol. The smallest absolute Gasteiger partial charge is 0.190 e. The zero-order valence-corrected chi connectivity index (χ0v) is 11.5. The predicted octanol–water partition coefficient (Wildman–Crippen LogP) is 1.81. The summed E-state index contributed by atoms with van der Waals surface area (Å²) in [6.45, 7) is 3.94. The van der Waals surface area contributed by atoms with Gasteiger partial charge in [0.15, 0.2) is 5.96 Å². The van der Waals surface area contributed by atoms with E-state index in [4.69, 9.17) is 4.74 Å². The van der Waals surface area contributed by atoms with Crippen LogP contribution in [0, 0.1) is 0 Å². The topological polar surface area (TPSA) is 45.7 Å². The van der Waals surface area contributed by atoms with Crippen molar-refractivity contribution >= 4 is 5.96 Å². The molecule has 0 spiro atoms. The van der Waals surface area contributed by atoms with E-state index in [9.17, 15) is 0 Å². The Hall–Kier alpha value is -1.71. The van der Waals surface area contributed by atoms with Gasteiger partial charge in [0.05, 0.1) is 7.11 Å². The molecule has 0 amide bonds. The first-order valence-electron chi connectivity index (χ1n) is 6.37. The Kier molecular flexibility index (Phi) is 6.69. The van der Waals surface area contributed by atoms with Crippen LogP contribution in [0.4, 0.5) is 0 Å². The normalized spacial score (nSPS) is 11.2. The minimum absolute atomic E-state index is 0.858. The van der Waals surface area contributed by atoms with Crippen LogP contribution in [0.1, 0.15) is 18.9 Å². The molecule has 4 heteroatoms. The van der Waals surface area contributed by atoms with Crippen molar-refractivity contribution in [2.75, 3.05) is 27.2 Å². The van der Waals surface area contributed by atoms with E-state index in [0.29, 0.717) is 0 Å². The maximum absolute atomic E-state index is 5.20. The molecule has 0 aliphatic carbocycles. The Labute approximate surface area is 109 Å². The lowest BCUT2D eigenvalue weighted by atomic mass is 10.1. The molecule has 0 fully saturated rings. The number of benzene rings is 1. The highest BCUT2D eigenvalue weighted by molar-refractivity contribution is 5.79. The first-order chi connectivity index (χ1) is 8.80. The molecule has 0 aliphatic heterocycles. The summed E-state index contributed by atoms with van der Waals surface area (Å²) >= 11 is 0. The van der Waals surface area contributed by atoms with Gasteiger partial charge in [0.1, 0.15) is 5.75 Å². The molecule has 0 aliphatic rings. The minimum Gasteiger partial charge on any atom is -0.497 e. The van der Waals surface area contributed by atoms with Crippen LogP contribution < -0.4 is 15.4 Å². The van der Waals surface area contributed by atoms with E-state index >= 15 is 0 Å². The lowest BCUT2D eigenvalue weighted by Gasteiger charge is -2.11. The van der Waals surface area contributed by atoms with Gasteiger partial charge in [-0.1, -0.05) is 19.1 Å².